The number of piperidine rings is 1. The largest absolute Gasteiger partial charge is 0.490 e. The molecule has 0 bridgehead atoms. The Kier molecular flexibility index (Phi) is 9.51. The molecule has 0 aromatic heterocycles. The molecule has 218 valence electrons. The van der Waals surface area contributed by atoms with Crippen molar-refractivity contribution in [1.82, 2.24) is 10.2 Å². The standard InChI is InChI=1S/C29H35ClF3N3O4/c1-34-26(37)24-11-8-21(18-25(24)30)35-14-3-2-5-19-12-15-36(16-13-19)27(38)28(39,29(31,32)33)20-6-4-7-23(17-20)40-22-9-10-22/h4,6-8,11,17-19,22,35,39H,2-3,5,9-10,12-16H2,1H3,(H,34,37)/t28-/m0/s1. The molecule has 1 aliphatic carbocycles. The third-order valence-electron chi connectivity index (χ3n) is 7.51. The summed E-state index contributed by atoms with van der Waals surface area (Å²) in [6.07, 6.45) is 0.297. The number of nitrogens with zero attached hydrogens (tertiary/aromatic N) is 1. The highest BCUT2D eigenvalue weighted by atomic mass is 35.5. The van der Waals surface area contributed by atoms with E-state index in [0.717, 1.165) is 54.8 Å². The zero-order valence-electron chi connectivity index (χ0n) is 22.4. The summed E-state index contributed by atoms with van der Waals surface area (Å²) in [6, 6.07) is 10.3. The minimum absolute atomic E-state index is 0.0277. The maximum Gasteiger partial charge on any atom is 0.430 e. The van der Waals surface area contributed by atoms with Gasteiger partial charge in [-0.05, 0) is 68.4 Å². The first-order valence-electron chi connectivity index (χ1n) is 13.6. The Balaban J connectivity index is 1.25. The van der Waals surface area contributed by atoms with E-state index < -0.39 is 23.2 Å². The number of carbonyl (C=O) groups excluding carboxylic acids is 2. The maximum atomic E-state index is 14.2. The maximum absolute atomic E-state index is 14.2. The zero-order valence-corrected chi connectivity index (χ0v) is 23.2. The predicted octanol–water partition coefficient (Wildman–Crippen LogP) is 5.51. The third-order valence-corrected chi connectivity index (χ3v) is 7.82. The highest BCUT2D eigenvalue weighted by Crippen LogP contribution is 2.42. The molecule has 2 fully saturated rings. The first kappa shape index (κ1) is 30.0. The number of aliphatic hydroxyl groups is 1. The van der Waals surface area contributed by atoms with Crippen molar-refractivity contribution in [2.45, 2.75) is 62.8 Å². The van der Waals surface area contributed by atoms with Crippen LogP contribution < -0.4 is 15.4 Å². The molecule has 3 N–H and O–H groups in total. The Morgan fingerprint density at radius 3 is 2.42 bits per heavy atom. The van der Waals surface area contributed by atoms with Gasteiger partial charge >= 0.3 is 6.18 Å². The van der Waals surface area contributed by atoms with Gasteiger partial charge in [0.15, 0.2) is 0 Å². The van der Waals surface area contributed by atoms with Crippen LogP contribution in [0.3, 0.4) is 0 Å². The summed E-state index contributed by atoms with van der Waals surface area (Å²) in [5, 5.41) is 17.0. The molecule has 2 aromatic rings. The zero-order chi connectivity index (χ0) is 28.9. The number of nitrogens with one attached hydrogen (secondary N) is 2. The molecule has 0 radical (unpaired) electrons. The monoisotopic (exact) mass is 581 g/mol. The van der Waals surface area contributed by atoms with Gasteiger partial charge in [-0.3, -0.25) is 9.59 Å². The molecule has 40 heavy (non-hydrogen) atoms. The van der Waals surface area contributed by atoms with E-state index in [4.69, 9.17) is 16.3 Å². The second-order valence-electron chi connectivity index (χ2n) is 10.5. The normalized spacial score (nSPS) is 17.7. The Morgan fingerprint density at radius 1 is 1.07 bits per heavy atom. The van der Waals surface area contributed by atoms with E-state index in [0.29, 0.717) is 35.9 Å². The van der Waals surface area contributed by atoms with Crippen LogP contribution in [-0.4, -0.2) is 60.8 Å². The van der Waals surface area contributed by atoms with E-state index in [9.17, 15) is 27.9 Å². The molecule has 1 saturated heterocycles. The molecule has 1 aliphatic heterocycles. The fraction of sp³-hybridized carbons (Fsp3) is 0.517. The molecule has 0 spiro atoms. The minimum atomic E-state index is -5.18. The van der Waals surface area contributed by atoms with Crippen LogP contribution in [0.5, 0.6) is 5.75 Å². The highest BCUT2D eigenvalue weighted by Gasteiger charge is 2.62. The molecule has 1 atom stereocenters. The lowest BCUT2D eigenvalue weighted by molar-refractivity contribution is -0.262. The van der Waals surface area contributed by atoms with Gasteiger partial charge in [-0.2, -0.15) is 13.2 Å². The van der Waals surface area contributed by atoms with Crippen molar-refractivity contribution in [2.75, 3.05) is 32.0 Å². The fourth-order valence-corrected chi connectivity index (χ4v) is 5.24. The number of anilines is 1. The number of halogens is 4. The van der Waals surface area contributed by atoms with Crippen molar-refractivity contribution in [3.63, 3.8) is 0 Å². The van der Waals surface area contributed by atoms with Crippen LogP contribution in [0.1, 0.15) is 60.9 Å². The summed E-state index contributed by atoms with van der Waals surface area (Å²) in [6.45, 7) is 1.03. The molecule has 1 heterocycles. The van der Waals surface area contributed by atoms with Gasteiger partial charge < -0.3 is 25.4 Å². The number of unbranched alkanes of at least 4 members (excludes halogenated alkanes) is 1. The molecule has 0 unspecified atom stereocenters. The molecular formula is C29H35ClF3N3O4. The number of rotatable bonds is 11. The van der Waals surface area contributed by atoms with Crippen LogP contribution in [0.4, 0.5) is 18.9 Å². The van der Waals surface area contributed by atoms with Crippen LogP contribution in [0.15, 0.2) is 42.5 Å². The second-order valence-corrected chi connectivity index (χ2v) is 10.9. The minimum Gasteiger partial charge on any atom is -0.490 e. The highest BCUT2D eigenvalue weighted by molar-refractivity contribution is 6.34. The van der Waals surface area contributed by atoms with Crippen molar-refractivity contribution in [2.24, 2.45) is 5.92 Å². The molecular weight excluding hydrogens is 547 g/mol. The summed E-state index contributed by atoms with van der Waals surface area (Å²) < 4.78 is 48.1. The Morgan fingerprint density at radius 2 is 1.80 bits per heavy atom. The van der Waals surface area contributed by atoms with Crippen molar-refractivity contribution in [3.8, 4) is 5.75 Å². The number of alkyl halides is 3. The first-order valence-corrected chi connectivity index (χ1v) is 14.0. The van der Waals surface area contributed by atoms with Crippen LogP contribution in [0.2, 0.25) is 5.02 Å². The van der Waals surface area contributed by atoms with Gasteiger partial charge in [-0.1, -0.05) is 36.6 Å². The predicted molar refractivity (Wildman–Crippen MR) is 147 cm³/mol. The van der Waals surface area contributed by atoms with Gasteiger partial charge in [0.1, 0.15) is 5.75 Å². The summed E-state index contributed by atoms with van der Waals surface area (Å²) in [7, 11) is 1.54. The quantitative estimate of drug-likeness (QED) is 0.304. The Hall–Kier alpha value is -2.98. The van der Waals surface area contributed by atoms with Gasteiger partial charge in [-0.25, -0.2) is 0 Å². The third kappa shape index (κ3) is 7.01. The number of benzene rings is 2. The lowest BCUT2D eigenvalue weighted by Crippen LogP contribution is -2.57. The molecule has 2 amide bonds. The number of likely N-dealkylation sites (tertiary alicyclic amines) is 1. The summed E-state index contributed by atoms with van der Waals surface area (Å²) in [5.41, 5.74) is -2.94. The summed E-state index contributed by atoms with van der Waals surface area (Å²) in [4.78, 5) is 26.0. The van der Waals surface area contributed by atoms with Crippen molar-refractivity contribution >= 4 is 29.1 Å². The number of hydrogen-bond acceptors (Lipinski definition) is 5. The van der Waals surface area contributed by atoms with E-state index in [-0.39, 0.29) is 30.9 Å². The van der Waals surface area contributed by atoms with E-state index in [1.165, 1.54) is 12.1 Å². The molecule has 4 rings (SSSR count). The Bertz CT molecular complexity index is 1200. The molecule has 1 saturated carbocycles. The van der Waals surface area contributed by atoms with Crippen LogP contribution in [-0.2, 0) is 10.4 Å². The molecule has 7 nitrogen and oxygen atoms in total. The van der Waals surface area contributed by atoms with Gasteiger partial charge in [0.25, 0.3) is 17.4 Å². The van der Waals surface area contributed by atoms with Crippen molar-refractivity contribution in [3.05, 3.63) is 58.6 Å². The number of ether oxygens (including phenoxy) is 1. The average Bonchev–Trinajstić information content (AvgIpc) is 3.75. The van der Waals surface area contributed by atoms with Crippen LogP contribution in [0.25, 0.3) is 0 Å². The Labute approximate surface area is 237 Å². The number of amides is 2. The van der Waals surface area contributed by atoms with E-state index in [2.05, 4.69) is 10.6 Å². The van der Waals surface area contributed by atoms with Gasteiger partial charge in [-0.15, -0.1) is 0 Å². The molecule has 2 aliphatic rings. The van der Waals surface area contributed by atoms with Crippen LogP contribution >= 0.6 is 11.6 Å². The second kappa shape index (κ2) is 12.7. The number of carbonyl (C=O) groups is 2. The van der Waals surface area contributed by atoms with Gasteiger partial charge in [0, 0.05) is 37.9 Å². The average molecular weight is 582 g/mol. The van der Waals surface area contributed by atoms with Crippen molar-refractivity contribution < 1.29 is 32.6 Å². The van der Waals surface area contributed by atoms with E-state index in [1.807, 2.05) is 0 Å². The number of hydrogen-bond donors (Lipinski definition) is 3. The fourth-order valence-electron chi connectivity index (χ4n) is 4.97. The van der Waals surface area contributed by atoms with E-state index >= 15 is 0 Å². The molecule has 2 aromatic carbocycles. The lowest BCUT2D eigenvalue weighted by Gasteiger charge is -2.38. The van der Waals surface area contributed by atoms with Gasteiger partial charge in [0.2, 0.25) is 0 Å². The first-order chi connectivity index (χ1) is 19.0. The van der Waals surface area contributed by atoms with E-state index in [1.54, 1.807) is 25.2 Å². The lowest BCUT2D eigenvalue weighted by atomic mass is 9.87. The molecule has 11 heteroatoms. The SMILES string of the molecule is CNC(=O)c1ccc(NCCCCC2CCN(C(=O)[C@@](O)(c3cccc(OC4CC4)c3)C(F)(F)F)CC2)cc1Cl. The topological polar surface area (TPSA) is 90.9 Å². The van der Waals surface area contributed by atoms with Crippen LogP contribution in [0, 0.1) is 5.92 Å². The smallest absolute Gasteiger partial charge is 0.430 e. The summed E-state index contributed by atoms with van der Waals surface area (Å²) in [5.74, 6) is -1.08. The van der Waals surface area contributed by atoms with Gasteiger partial charge in [0.05, 0.1) is 16.7 Å². The summed E-state index contributed by atoms with van der Waals surface area (Å²) >= 11 is 6.18. The van der Waals surface area contributed by atoms with Crippen molar-refractivity contribution in [1.29, 1.82) is 0 Å².